The van der Waals surface area contributed by atoms with Crippen LogP contribution in [0.1, 0.15) is 6.42 Å². The van der Waals surface area contributed by atoms with Crippen molar-refractivity contribution in [1.82, 2.24) is 4.90 Å². The van der Waals surface area contributed by atoms with Crippen LogP contribution in [0.2, 0.25) is 0 Å². The van der Waals surface area contributed by atoms with Crippen molar-refractivity contribution in [3.63, 3.8) is 0 Å². The minimum Gasteiger partial charge on any atom is -0.465 e. The van der Waals surface area contributed by atoms with Gasteiger partial charge < -0.3 is 10.0 Å². The topological polar surface area (TPSA) is 40.5 Å². The summed E-state index contributed by atoms with van der Waals surface area (Å²) < 4.78 is 0. The van der Waals surface area contributed by atoms with Gasteiger partial charge in [0, 0.05) is 12.4 Å². The van der Waals surface area contributed by atoms with Crippen LogP contribution >= 0.6 is 11.6 Å². The smallest absolute Gasteiger partial charge is 0.407 e. The highest BCUT2D eigenvalue weighted by Crippen LogP contribution is 2.17. The van der Waals surface area contributed by atoms with Gasteiger partial charge in [0.25, 0.3) is 0 Å². The van der Waals surface area contributed by atoms with E-state index >= 15 is 0 Å². The highest BCUT2D eigenvalue weighted by atomic mass is 35.5. The van der Waals surface area contributed by atoms with Crippen molar-refractivity contribution in [2.24, 2.45) is 0 Å². The van der Waals surface area contributed by atoms with Gasteiger partial charge in [-0.15, -0.1) is 11.6 Å². The van der Waals surface area contributed by atoms with E-state index < -0.39 is 6.09 Å². The number of carboxylic acid groups (broad SMARTS) is 1. The van der Waals surface area contributed by atoms with Gasteiger partial charge in [0.05, 0.1) is 6.04 Å². The first-order chi connectivity index (χ1) is 4.25. The lowest BCUT2D eigenvalue weighted by Gasteiger charge is -2.37. The lowest BCUT2D eigenvalue weighted by molar-refractivity contribution is 0.0848. The second-order valence-corrected chi connectivity index (χ2v) is 2.38. The predicted molar refractivity (Wildman–Crippen MR) is 33.9 cm³/mol. The van der Waals surface area contributed by atoms with Gasteiger partial charge in [0.1, 0.15) is 0 Å². The minimum atomic E-state index is -0.855. The third kappa shape index (κ3) is 1.10. The molecule has 0 bridgehead atoms. The molecule has 0 aromatic heterocycles. The Kier molecular flexibility index (Phi) is 1.81. The van der Waals surface area contributed by atoms with Gasteiger partial charge in [-0.3, -0.25) is 0 Å². The number of carbonyl (C=O) groups is 1. The number of hydrogen-bond donors (Lipinski definition) is 1. The number of rotatable bonds is 1. The predicted octanol–water partition coefficient (Wildman–Crippen LogP) is 0.978. The van der Waals surface area contributed by atoms with Crippen LogP contribution in [-0.4, -0.2) is 34.6 Å². The molecule has 1 heterocycles. The average molecular weight is 150 g/mol. The number of halogens is 1. The molecule has 0 saturated carbocycles. The van der Waals surface area contributed by atoms with Crippen LogP contribution in [0.5, 0.6) is 0 Å². The second-order valence-electron chi connectivity index (χ2n) is 2.07. The first kappa shape index (κ1) is 6.68. The number of alkyl halides is 1. The maximum atomic E-state index is 10.2. The van der Waals surface area contributed by atoms with Crippen molar-refractivity contribution in [2.75, 3.05) is 12.4 Å². The number of hydrogen-bond acceptors (Lipinski definition) is 1. The zero-order valence-electron chi connectivity index (χ0n) is 4.88. The standard InChI is InChI=1S/C5H8ClNO2/c6-3-4-1-2-7(4)5(8)9/h4H,1-3H2,(H,8,9). The van der Waals surface area contributed by atoms with Gasteiger partial charge >= 0.3 is 6.09 Å². The van der Waals surface area contributed by atoms with Crippen molar-refractivity contribution in [2.45, 2.75) is 12.5 Å². The molecule has 52 valence electrons. The Hall–Kier alpha value is -0.440. The van der Waals surface area contributed by atoms with Crippen LogP contribution < -0.4 is 0 Å². The molecule has 1 unspecified atom stereocenters. The van der Waals surface area contributed by atoms with E-state index in [0.717, 1.165) is 6.42 Å². The molecule has 1 aliphatic heterocycles. The molecule has 0 aromatic rings. The molecule has 1 atom stereocenters. The van der Waals surface area contributed by atoms with Gasteiger partial charge in [0.2, 0.25) is 0 Å². The third-order valence-corrected chi connectivity index (χ3v) is 1.92. The van der Waals surface area contributed by atoms with E-state index in [1.807, 2.05) is 0 Å². The first-order valence-electron chi connectivity index (χ1n) is 2.81. The molecule has 4 heteroatoms. The lowest BCUT2D eigenvalue weighted by atomic mass is 10.1. The molecule has 0 aliphatic carbocycles. The van der Waals surface area contributed by atoms with Gasteiger partial charge in [-0.1, -0.05) is 0 Å². The quantitative estimate of drug-likeness (QED) is 0.565. The summed E-state index contributed by atoms with van der Waals surface area (Å²) in [5, 5.41) is 8.40. The number of nitrogens with zero attached hydrogens (tertiary/aromatic N) is 1. The van der Waals surface area contributed by atoms with E-state index in [9.17, 15) is 4.79 Å². The molecule has 1 fully saturated rings. The van der Waals surface area contributed by atoms with Gasteiger partial charge in [-0.2, -0.15) is 0 Å². The fraction of sp³-hybridized carbons (Fsp3) is 0.800. The first-order valence-corrected chi connectivity index (χ1v) is 3.34. The van der Waals surface area contributed by atoms with E-state index in [-0.39, 0.29) is 6.04 Å². The number of likely N-dealkylation sites (tertiary alicyclic amines) is 1. The molecular formula is C5H8ClNO2. The highest BCUT2D eigenvalue weighted by molar-refractivity contribution is 6.18. The van der Waals surface area contributed by atoms with Crippen molar-refractivity contribution in [3.8, 4) is 0 Å². The second kappa shape index (κ2) is 2.43. The Labute approximate surface area is 58.2 Å². The Bertz CT molecular complexity index is 126. The molecule has 0 aromatic carbocycles. The zero-order valence-corrected chi connectivity index (χ0v) is 5.64. The van der Waals surface area contributed by atoms with Crippen molar-refractivity contribution in [3.05, 3.63) is 0 Å². The fourth-order valence-corrected chi connectivity index (χ4v) is 1.17. The van der Waals surface area contributed by atoms with Gasteiger partial charge in [-0.25, -0.2) is 4.79 Å². The Morgan fingerprint density at radius 2 is 2.56 bits per heavy atom. The molecule has 1 aliphatic rings. The van der Waals surface area contributed by atoms with Crippen molar-refractivity contribution in [1.29, 1.82) is 0 Å². The summed E-state index contributed by atoms with van der Waals surface area (Å²) in [6.07, 6.45) is 0.0578. The van der Waals surface area contributed by atoms with Crippen LogP contribution in [0, 0.1) is 0 Å². The summed E-state index contributed by atoms with van der Waals surface area (Å²) in [6, 6.07) is 0.0733. The summed E-state index contributed by atoms with van der Waals surface area (Å²) in [6.45, 7) is 0.646. The van der Waals surface area contributed by atoms with Crippen LogP contribution in [0.3, 0.4) is 0 Å². The Morgan fingerprint density at radius 3 is 2.67 bits per heavy atom. The summed E-state index contributed by atoms with van der Waals surface area (Å²) in [5.41, 5.74) is 0. The lowest BCUT2D eigenvalue weighted by Crippen LogP contribution is -2.51. The molecule has 3 nitrogen and oxygen atoms in total. The highest BCUT2D eigenvalue weighted by Gasteiger charge is 2.30. The Morgan fingerprint density at radius 1 is 1.89 bits per heavy atom. The van der Waals surface area contributed by atoms with Gasteiger partial charge in [0.15, 0.2) is 0 Å². The number of amides is 1. The molecule has 1 saturated heterocycles. The van der Waals surface area contributed by atoms with Crippen LogP contribution in [0.15, 0.2) is 0 Å². The largest absolute Gasteiger partial charge is 0.465 e. The van der Waals surface area contributed by atoms with E-state index in [2.05, 4.69) is 0 Å². The maximum absolute atomic E-state index is 10.2. The Balaban J connectivity index is 2.35. The summed E-state index contributed by atoms with van der Waals surface area (Å²) >= 11 is 5.44. The van der Waals surface area contributed by atoms with Crippen molar-refractivity contribution >= 4 is 17.7 Å². The molecule has 1 amide bonds. The molecule has 1 rings (SSSR count). The van der Waals surface area contributed by atoms with E-state index in [1.54, 1.807) is 0 Å². The van der Waals surface area contributed by atoms with E-state index in [4.69, 9.17) is 16.7 Å². The van der Waals surface area contributed by atoms with E-state index in [0.29, 0.717) is 12.4 Å². The maximum Gasteiger partial charge on any atom is 0.407 e. The average Bonchev–Trinajstić information content (AvgIpc) is 1.61. The molecule has 1 N–H and O–H groups in total. The summed E-state index contributed by atoms with van der Waals surface area (Å²) in [7, 11) is 0. The normalized spacial score (nSPS) is 25.4. The molecule has 9 heavy (non-hydrogen) atoms. The summed E-state index contributed by atoms with van der Waals surface area (Å²) in [5.74, 6) is 0.423. The van der Waals surface area contributed by atoms with Gasteiger partial charge in [-0.05, 0) is 6.42 Å². The minimum absolute atomic E-state index is 0.0733. The fourth-order valence-electron chi connectivity index (χ4n) is 0.853. The van der Waals surface area contributed by atoms with Crippen LogP contribution in [-0.2, 0) is 0 Å². The molecule has 0 radical (unpaired) electrons. The van der Waals surface area contributed by atoms with Crippen LogP contribution in [0.4, 0.5) is 4.79 Å². The third-order valence-electron chi connectivity index (χ3n) is 1.57. The van der Waals surface area contributed by atoms with E-state index in [1.165, 1.54) is 4.90 Å². The molecule has 0 spiro atoms. The molecular weight excluding hydrogens is 142 g/mol. The van der Waals surface area contributed by atoms with Crippen LogP contribution in [0.25, 0.3) is 0 Å². The zero-order chi connectivity index (χ0) is 6.85. The summed E-state index contributed by atoms with van der Waals surface area (Å²) in [4.78, 5) is 11.6. The van der Waals surface area contributed by atoms with Crippen molar-refractivity contribution < 1.29 is 9.90 Å². The monoisotopic (exact) mass is 149 g/mol. The SMILES string of the molecule is O=C(O)N1CCC1CCl.